The Hall–Kier alpha value is -2.63. The van der Waals surface area contributed by atoms with Gasteiger partial charge in [-0.2, -0.15) is 5.10 Å². The van der Waals surface area contributed by atoms with Crippen molar-refractivity contribution in [3.05, 3.63) is 48.3 Å². The molecule has 0 unspecified atom stereocenters. The fraction of sp³-hybridized carbons (Fsp3) is 0.421. The highest BCUT2D eigenvalue weighted by Crippen LogP contribution is 2.26. The maximum absolute atomic E-state index is 12.7. The third-order valence-electron chi connectivity index (χ3n) is 4.42. The minimum Gasteiger partial charge on any atom is -0.340 e. The first kappa shape index (κ1) is 17.2. The summed E-state index contributed by atoms with van der Waals surface area (Å²) in [6.45, 7) is 8.04. The molecule has 1 saturated heterocycles. The average Bonchev–Trinajstić information content (AvgIpc) is 3.14. The lowest BCUT2D eigenvalue weighted by Crippen LogP contribution is -2.41. The van der Waals surface area contributed by atoms with E-state index in [2.05, 4.69) is 10.4 Å². The summed E-state index contributed by atoms with van der Waals surface area (Å²) in [7, 11) is 0. The van der Waals surface area contributed by atoms with Crippen molar-refractivity contribution in [2.45, 2.75) is 51.7 Å². The molecule has 2 atom stereocenters. The number of anilines is 1. The lowest BCUT2D eigenvalue weighted by molar-refractivity contribution is -0.118. The topological polar surface area (TPSA) is 67.2 Å². The van der Waals surface area contributed by atoms with E-state index in [1.54, 1.807) is 22.0 Å². The number of para-hydroxylation sites is 1. The van der Waals surface area contributed by atoms with Crippen molar-refractivity contribution in [2.24, 2.45) is 0 Å². The maximum atomic E-state index is 12.7. The molecule has 0 aliphatic carbocycles. The molecule has 1 fully saturated rings. The second-order valence-electron chi connectivity index (χ2n) is 7.50. The molecule has 1 aromatic heterocycles. The Balaban J connectivity index is 1.72. The summed E-state index contributed by atoms with van der Waals surface area (Å²) in [5, 5.41) is 7.10. The van der Waals surface area contributed by atoms with Gasteiger partial charge in [-0.25, -0.2) is 0 Å². The Morgan fingerprint density at radius 2 is 1.92 bits per heavy atom. The van der Waals surface area contributed by atoms with Gasteiger partial charge in [-0.3, -0.25) is 14.3 Å². The molecule has 0 radical (unpaired) electrons. The molecule has 1 aromatic carbocycles. The number of aromatic nitrogens is 2. The molecule has 1 aliphatic heterocycles. The van der Waals surface area contributed by atoms with E-state index in [4.69, 9.17) is 0 Å². The van der Waals surface area contributed by atoms with Gasteiger partial charge >= 0.3 is 0 Å². The Morgan fingerprint density at radius 3 is 2.52 bits per heavy atom. The van der Waals surface area contributed by atoms with Crippen molar-refractivity contribution >= 4 is 17.5 Å². The van der Waals surface area contributed by atoms with Crippen LogP contribution in [-0.4, -0.2) is 33.7 Å². The summed E-state index contributed by atoms with van der Waals surface area (Å²) in [4.78, 5) is 27.0. The van der Waals surface area contributed by atoms with E-state index in [-0.39, 0.29) is 23.4 Å². The molecule has 132 valence electrons. The molecule has 1 aliphatic rings. The Kier molecular flexibility index (Phi) is 4.37. The van der Waals surface area contributed by atoms with Crippen LogP contribution in [0.5, 0.6) is 0 Å². The number of rotatable bonds is 3. The monoisotopic (exact) mass is 340 g/mol. The number of hydrogen-bond donors (Lipinski definition) is 1. The maximum Gasteiger partial charge on any atom is 0.255 e. The van der Waals surface area contributed by atoms with Crippen molar-refractivity contribution in [1.82, 2.24) is 15.1 Å². The van der Waals surface area contributed by atoms with E-state index in [1.165, 1.54) is 0 Å². The van der Waals surface area contributed by atoms with E-state index in [0.717, 1.165) is 5.69 Å². The quantitative estimate of drug-likeness (QED) is 0.934. The summed E-state index contributed by atoms with van der Waals surface area (Å²) in [6.07, 6.45) is 3.85. The van der Waals surface area contributed by atoms with Crippen molar-refractivity contribution in [3.8, 4) is 0 Å². The Labute approximate surface area is 147 Å². The summed E-state index contributed by atoms with van der Waals surface area (Å²) < 4.78 is 1.75. The van der Waals surface area contributed by atoms with Gasteiger partial charge in [-0.1, -0.05) is 18.2 Å². The highest BCUT2D eigenvalue weighted by atomic mass is 16.2. The molecule has 0 bridgehead atoms. The van der Waals surface area contributed by atoms with Crippen LogP contribution in [0.2, 0.25) is 0 Å². The number of hydrogen-bond acceptors (Lipinski definition) is 3. The molecule has 25 heavy (non-hydrogen) atoms. The molecule has 2 heterocycles. The Bertz CT molecular complexity index is 776. The van der Waals surface area contributed by atoms with E-state index in [1.807, 2.05) is 58.0 Å². The zero-order valence-electron chi connectivity index (χ0n) is 15.1. The van der Waals surface area contributed by atoms with Crippen molar-refractivity contribution in [1.29, 1.82) is 0 Å². The van der Waals surface area contributed by atoms with Gasteiger partial charge in [0.15, 0.2) is 0 Å². The SMILES string of the molecule is C[C@@H]1C[C@@H](NC(=O)c2cnn(C(C)(C)C)c2)C(=O)N1c1ccccc1. The smallest absolute Gasteiger partial charge is 0.255 e. The highest BCUT2D eigenvalue weighted by molar-refractivity contribution is 6.04. The fourth-order valence-electron chi connectivity index (χ4n) is 3.07. The largest absolute Gasteiger partial charge is 0.340 e. The predicted molar refractivity (Wildman–Crippen MR) is 96.5 cm³/mol. The molecule has 2 amide bonds. The molecule has 0 spiro atoms. The predicted octanol–water partition coefficient (Wildman–Crippen LogP) is 2.56. The second-order valence-corrected chi connectivity index (χ2v) is 7.50. The normalized spacial score (nSPS) is 20.8. The summed E-state index contributed by atoms with van der Waals surface area (Å²) >= 11 is 0. The van der Waals surface area contributed by atoms with Crippen LogP contribution in [0.15, 0.2) is 42.7 Å². The molecule has 2 aromatic rings. The standard InChI is InChI=1S/C19H24N4O2/c1-13-10-16(18(25)23(13)15-8-6-5-7-9-15)21-17(24)14-11-20-22(12-14)19(2,3)4/h5-9,11-13,16H,10H2,1-4H3,(H,21,24)/t13-,16-/m1/s1. The van der Waals surface area contributed by atoms with Crippen LogP contribution >= 0.6 is 0 Å². The molecule has 0 saturated carbocycles. The zero-order valence-corrected chi connectivity index (χ0v) is 15.1. The number of nitrogens with one attached hydrogen (secondary N) is 1. The molecule has 3 rings (SSSR count). The number of benzene rings is 1. The van der Waals surface area contributed by atoms with Gasteiger partial charge in [0, 0.05) is 17.9 Å². The molecule has 6 nitrogen and oxygen atoms in total. The summed E-state index contributed by atoms with van der Waals surface area (Å²) in [5.74, 6) is -0.341. The first-order valence-electron chi connectivity index (χ1n) is 8.51. The zero-order chi connectivity index (χ0) is 18.2. The Morgan fingerprint density at radius 1 is 1.24 bits per heavy atom. The third-order valence-corrected chi connectivity index (χ3v) is 4.42. The van der Waals surface area contributed by atoms with E-state index in [9.17, 15) is 9.59 Å². The number of carbonyl (C=O) groups is 2. The first-order valence-corrected chi connectivity index (χ1v) is 8.51. The molecular weight excluding hydrogens is 316 g/mol. The van der Waals surface area contributed by atoms with Gasteiger partial charge in [0.1, 0.15) is 6.04 Å². The number of nitrogens with zero attached hydrogens (tertiary/aromatic N) is 3. The van der Waals surface area contributed by atoms with Gasteiger partial charge in [0.05, 0.1) is 17.3 Å². The molecule has 6 heteroatoms. The number of amides is 2. The average molecular weight is 340 g/mol. The molecular formula is C19H24N4O2. The van der Waals surface area contributed by atoms with Crippen LogP contribution in [0, 0.1) is 0 Å². The van der Waals surface area contributed by atoms with E-state index in [0.29, 0.717) is 12.0 Å². The van der Waals surface area contributed by atoms with Crippen molar-refractivity contribution in [2.75, 3.05) is 4.90 Å². The van der Waals surface area contributed by atoms with Gasteiger partial charge in [0.25, 0.3) is 5.91 Å². The lowest BCUT2D eigenvalue weighted by Gasteiger charge is -2.21. The van der Waals surface area contributed by atoms with E-state index >= 15 is 0 Å². The van der Waals surface area contributed by atoms with Crippen LogP contribution < -0.4 is 10.2 Å². The highest BCUT2D eigenvalue weighted by Gasteiger charge is 2.39. The van der Waals surface area contributed by atoms with Crippen LogP contribution in [0.4, 0.5) is 5.69 Å². The lowest BCUT2D eigenvalue weighted by atomic mass is 10.1. The van der Waals surface area contributed by atoms with Crippen LogP contribution in [0.25, 0.3) is 0 Å². The van der Waals surface area contributed by atoms with Crippen molar-refractivity contribution in [3.63, 3.8) is 0 Å². The first-order chi connectivity index (χ1) is 11.8. The second kappa shape index (κ2) is 6.35. The van der Waals surface area contributed by atoms with Gasteiger partial charge in [-0.15, -0.1) is 0 Å². The van der Waals surface area contributed by atoms with E-state index < -0.39 is 6.04 Å². The fourth-order valence-corrected chi connectivity index (χ4v) is 3.07. The minimum absolute atomic E-state index is 0.0394. The van der Waals surface area contributed by atoms with Crippen molar-refractivity contribution < 1.29 is 9.59 Å². The van der Waals surface area contributed by atoms with Gasteiger partial charge in [0.2, 0.25) is 5.91 Å². The van der Waals surface area contributed by atoms with Crippen LogP contribution in [0.3, 0.4) is 0 Å². The summed E-state index contributed by atoms with van der Waals surface area (Å²) in [6, 6.07) is 9.07. The molecule has 1 N–H and O–H groups in total. The number of carbonyl (C=O) groups excluding carboxylic acids is 2. The summed E-state index contributed by atoms with van der Waals surface area (Å²) in [5.41, 5.74) is 1.13. The third kappa shape index (κ3) is 3.43. The van der Waals surface area contributed by atoms with Crippen LogP contribution in [-0.2, 0) is 10.3 Å². The van der Waals surface area contributed by atoms with Crippen LogP contribution in [0.1, 0.15) is 44.5 Å². The van der Waals surface area contributed by atoms with Gasteiger partial charge in [-0.05, 0) is 46.2 Å². The van der Waals surface area contributed by atoms with Gasteiger partial charge < -0.3 is 10.2 Å². The minimum atomic E-state index is -0.513.